The summed E-state index contributed by atoms with van der Waals surface area (Å²) in [6.07, 6.45) is 0.557. The Morgan fingerprint density at radius 3 is 2.72 bits per heavy atom. The summed E-state index contributed by atoms with van der Waals surface area (Å²) in [5.41, 5.74) is 0.444. The van der Waals surface area contributed by atoms with Gasteiger partial charge in [0.1, 0.15) is 12.2 Å². The minimum atomic E-state index is -2.69. The van der Waals surface area contributed by atoms with Crippen LogP contribution in [0, 0.1) is 0 Å². The van der Waals surface area contributed by atoms with Crippen molar-refractivity contribution in [3.63, 3.8) is 0 Å². The van der Waals surface area contributed by atoms with Gasteiger partial charge in [-0.2, -0.15) is 10.2 Å². The highest BCUT2D eigenvalue weighted by molar-refractivity contribution is 5.99. The van der Waals surface area contributed by atoms with E-state index in [0.717, 1.165) is 12.8 Å². The Bertz CT molecular complexity index is 810. The number of carbonyl (C=O) groups is 2. The number of halogens is 2. The van der Waals surface area contributed by atoms with E-state index in [4.69, 9.17) is 0 Å². The molecule has 10 heteroatoms. The second-order valence-corrected chi connectivity index (χ2v) is 5.83. The molecule has 0 aliphatic heterocycles. The summed E-state index contributed by atoms with van der Waals surface area (Å²) >= 11 is 0. The average Bonchev–Trinajstić information content (AvgIpc) is 3.21. The molecule has 134 valence electrons. The zero-order valence-electron chi connectivity index (χ0n) is 13.7. The first-order chi connectivity index (χ1) is 11.9. The van der Waals surface area contributed by atoms with Crippen LogP contribution in [0.2, 0.25) is 0 Å². The van der Waals surface area contributed by atoms with Gasteiger partial charge in [-0.3, -0.25) is 14.2 Å². The van der Waals surface area contributed by atoms with Gasteiger partial charge < -0.3 is 10.1 Å². The third-order valence-electron chi connectivity index (χ3n) is 3.82. The molecule has 25 heavy (non-hydrogen) atoms. The van der Waals surface area contributed by atoms with Gasteiger partial charge in [-0.1, -0.05) is 0 Å². The van der Waals surface area contributed by atoms with Crippen molar-refractivity contribution in [2.45, 2.75) is 31.7 Å². The van der Waals surface area contributed by atoms with Crippen molar-refractivity contribution >= 4 is 17.6 Å². The second-order valence-electron chi connectivity index (χ2n) is 5.83. The lowest BCUT2D eigenvalue weighted by Gasteiger charge is -2.07. The summed E-state index contributed by atoms with van der Waals surface area (Å²) in [5, 5.41) is 10.3. The van der Waals surface area contributed by atoms with Crippen LogP contribution in [0.25, 0.3) is 0 Å². The number of anilines is 1. The van der Waals surface area contributed by atoms with Crippen LogP contribution in [0.4, 0.5) is 14.5 Å². The number of alkyl halides is 2. The van der Waals surface area contributed by atoms with Crippen molar-refractivity contribution in [2.75, 3.05) is 12.4 Å². The van der Waals surface area contributed by atoms with Crippen molar-refractivity contribution in [1.82, 2.24) is 19.6 Å². The van der Waals surface area contributed by atoms with Crippen molar-refractivity contribution in [3.8, 4) is 0 Å². The normalized spacial score (nSPS) is 14.0. The van der Waals surface area contributed by atoms with Crippen molar-refractivity contribution in [2.24, 2.45) is 7.05 Å². The highest BCUT2D eigenvalue weighted by Gasteiger charge is 2.30. The van der Waals surface area contributed by atoms with Crippen LogP contribution in [-0.2, 0) is 23.1 Å². The third kappa shape index (κ3) is 3.67. The Hall–Kier alpha value is -2.78. The molecule has 1 saturated carbocycles. The van der Waals surface area contributed by atoms with E-state index in [1.54, 1.807) is 7.05 Å². The number of hydrogen-bond donors (Lipinski definition) is 1. The highest BCUT2D eigenvalue weighted by atomic mass is 19.3. The second kappa shape index (κ2) is 6.61. The van der Waals surface area contributed by atoms with Crippen LogP contribution in [-0.4, -0.2) is 38.5 Å². The van der Waals surface area contributed by atoms with Crippen LogP contribution in [0.1, 0.15) is 47.1 Å². The third-order valence-corrected chi connectivity index (χ3v) is 3.82. The maximum atomic E-state index is 12.9. The zero-order valence-corrected chi connectivity index (χ0v) is 13.7. The number of nitrogens with zero attached hydrogens (tertiary/aromatic N) is 4. The quantitative estimate of drug-likeness (QED) is 0.801. The maximum absolute atomic E-state index is 12.9. The molecule has 1 amide bonds. The molecule has 2 aromatic heterocycles. The number of aryl methyl sites for hydroxylation is 1. The first kappa shape index (κ1) is 17.1. The summed E-state index contributed by atoms with van der Waals surface area (Å²) in [4.78, 5) is 23.9. The van der Waals surface area contributed by atoms with Gasteiger partial charge >= 0.3 is 5.97 Å². The van der Waals surface area contributed by atoms with Gasteiger partial charge in [-0.25, -0.2) is 13.6 Å². The van der Waals surface area contributed by atoms with E-state index in [0.29, 0.717) is 5.69 Å². The van der Waals surface area contributed by atoms with Crippen LogP contribution in [0.3, 0.4) is 0 Å². The maximum Gasteiger partial charge on any atom is 0.360 e. The van der Waals surface area contributed by atoms with Crippen LogP contribution in [0.5, 0.6) is 0 Å². The average molecular weight is 353 g/mol. The fourth-order valence-corrected chi connectivity index (χ4v) is 2.55. The Kier molecular flexibility index (Phi) is 4.51. The fraction of sp³-hybridized carbons (Fsp3) is 0.467. The molecule has 0 spiro atoms. The van der Waals surface area contributed by atoms with E-state index in [2.05, 4.69) is 20.3 Å². The highest BCUT2D eigenvalue weighted by Crippen LogP contribution is 2.41. The van der Waals surface area contributed by atoms with Crippen LogP contribution in [0.15, 0.2) is 12.3 Å². The number of carbonyl (C=O) groups excluding carboxylic acids is 2. The number of amides is 1. The zero-order chi connectivity index (χ0) is 18.1. The predicted molar refractivity (Wildman–Crippen MR) is 82.3 cm³/mol. The van der Waals surface area contributed by atoms with Gasteiger partial charge in [0.15, 0.2) is 5.69 Å². The summed E-state index contributed by atoms with van der Waals surface area (Å²) in [7, 11) is 2.80. The van der Waals surface area contributed by atoms with Crippen LogP contribution >= 0.6 is 0 Å². The molecule has 0 bridgehead atoms. The molecule has 2 heterocycles. The van der Waals surface area contributed by atoms with Gasteiger partial charge in [0.2, 0.25) is 5.91 Å². The molecular weight excluding hydrogens is 336 g/mol. The Morgan fingerprint density at radius 2 is 2.12 bits per heavy atom. The molecule has 8 nitrogen and oxygen atoms in total. The van der Waals surface area contributed by atoms with Crippen molar-refractivity contribution in [3.05, 3.63) is 29.3 Å². The molecule has 3 rings (SSSR count). The smallest absolute Gasteiger partial charge is 0.360 e. The molecule has 0 radical (unpaired) electrons. The van der Waals surface area contributed by atoms with E-state index in [1.165, 1.54) is 28.7 Å². The van der Waals surface area contributed by atoms with Gasteiger partial charge in [-0.15, -0.1) is 0 Å². The lowest BCUT2D eigenvalue weighted by molar-refractivity contribution is -0.117. The molecule has 0 aromatic carbocycles. The first-order valence-corrected chi connectivity index (χ1v) is 7.66. The molecule has 0 saturated heterocycles. The van der Waals surface area contributed by atoms with Crippen molar-refractivity contribution in [1.29, 1.82) is 0 Å². The van der Waals surface area contributed by atoms with Crippen molar-refractivity contribution < 1.29 is 23.1 Å². The summed E-state index contributed by atoms with van der Waals surface area (Å²) in [6.45, 7) is -0.228. The lowest BCUT2D eigenvalue weighted by Crippen LogP contribution is -2.22. The fourth-order valence-electron chi connectivity index (χ4n) is 2.55. The standard InChI is InChI=1S/C15H17F2N5O3/c1-21-6-10(13(20-21)15(24)25-2)18-12(23)7-22-11(8-3-4-8)5-9(19-22)14(16)17/h5-6,8,14H,3-4,7H2,1-2H3,(H,18,23). The van der Waals surface area contributed by atoms with Crippen LogP contribution < -0.4 is 5.32 Å². The Morgan fingerprint density at radius 1 is 1.40 bits per heavy atom. The Balaban J connectivity index is 1.76. The van der Waals surface area contributed by atoms with Gasteiger partial charge in [0.05, 0.1) is 12.8 Å². The minimum absolute atomic E-state index is 0.0329. The van der Waals surface area contributed by atoms with E-state index < -0.39 is 18.3 Å². The number of nitrogens with one attached hydrogen (secondary N) is 1. The largest absolute Gasteiger partial charge is 0.464 e. The molecule has 1 N–H and O–H groups in total. The summed E-state index contributed by atoms with van der Waals surface area (Å²) in [5.74, 6) is -1.02. The number of aromatic nitrogens is 4. The number of ether oxygens (including phenoxy) is 1. The van der Waals surface area contributed by atoms with E-state index >= 15 is 0 Å². The Labute approximate surface area is 141 Å². The SMILES string of the molecule is COC(=O)c1nn(C)cc1NC(=O)Cn1nc(C(F)F)cc1C1CC1. The first-order valence-electron chi connectivity index (χ1n) is 7.66. The molecule has 0 atom stereocenters. The van der Waals surface area contributed by atoms with Gasteiger partial charge in [-0.05, 0) is 18.9 Å². The lowest BCUT2D eigenvalue weighted by atomic mass is 10.2. The molecular formula is C15H17F2N5O3. The number of hydrogen-bond acceptors (Lipinski definition) is 5. The monoisotopic (exact) mass is 353 g/mol. The summed E-state index contributed by atoms with van der Waals surface area (Å²) in [6, 6.07) is 1.35. The predicted octanol–water partition coefficient (Wildman–Crippen LogP) is 1.86. The topological polar surface area (TPSA) is 91.0 Å². The molecule has 2 aromatic rings. The number of methoxy groups -OCH3 is 1. The molecule has 1 aliphatic carbocycles. The van der Waals surface area contributed by atoms with Gasteiger partial charge in [0.25, 0.3) is 6.43 Å². The van der Waals surface area contributed by atoms with E-state index in [1.807, 2.05) is 0 Å². The molecule has 1 aliphatic rings. The molecule has 1 fully saturated rings. The van der Waals surface area contributed by atoms with Gasteiger partial charge in [0, 0.05) is 24.9 Å². The van der Waals surface area contributed by atoms with E-state index in [9.17, 15) is 18.4 Å². The number of rotatable bonds is 6. The molecule has 0 unspecified atom stereocenters. The summed E-state index contributed by atoms with van der Waals surface area (Å²) < 4.78 is 33.0. The number of esters is 1. The van der Waals surface area contributed by atoms with E-state index in [-0.39, 0.29) is 29.5 Å². The minimum Gasteiger partial charge on any atom is -0.464 e.